The zero-order valence-corrected chi connectivity index (χ0v) is 16.7. The molecule has 0 aliphatic rings. The van der Waals surface area contributed by atoms with Crippen LogP contribution in [-0.4, -0.2) is 30.8 Å². The second-order valence-electron chi connectivity index (χ2n) is 6.28. The first-order valence-corrected chi connectivity index (χ1v) is 11.2. The lowest BCUT2D eigenvalue weighted by atomic mass is 10.1. The Kier molecular flexibility index (Phi) is 5.72. The maximum atomic E-state index is 12.3. The highest BCUT2D eigenvalue weighted by molar-refractivity contribution is 7.92. The molecule has 5 nitrogen and oxygen atoms in total. The van der Waals surface area contributed by atoms with Gasteiger partial charge < -0.3 is 5.32 Å². The molecule has 1 amide bonds. The van der Waals surface area contributed by atoms with Gasteiger partial charge in [0.25, 0.3) is 0 Å². The fourth-order valence-corrected chi connectivity index (χ4v) is 3.97. The molecule has 0 aliphatic carbocycles. The normalized spacial score (nSPS) is 12.5. The van der Waals surface area contributed by atoms with Gasteiger partial charge in [-0.15, -0.1) is 0 Å². The molecule has 1 N–H and O–H groups in total. The quantitative estimate of drug-likeness (QED) is 0.683. The maximum absolute atomic E-state index is 12.3. The zero-order chi connectivity index (χ0) is 19.4. The van der Waals surface area contributed by atoms with Crippen LogP contribution in [0.5, 0.6) is 0 Å². The number of thiazole rings is 1. The van der Waals surface area contributed by atoms with Gasteiger partial charge in [0.05, 0.1) is 10.6 Å². The molecule has 0 spiro atoms. The van der Waals surface area contributed by atoms with Crippen molar-refractivity contribution in [1.29, 1.82) is 0 Å². The largest absolute Gasteiger partial charge is 0.301 e. The Bertz CT molecular complexity index is 1030. The molecule has 140 valence electrons. The Labute approximate surface area is 163 Å². The van der Waals surface area contributed by atoms with Crippen LogP contribution in [0.25, 0.3) is 10.4 Å². The Morgan fingerprint density at radius 1 is 1.07 bits per heavy atom. The third-order valence-corrected chi connectivity index (χ3v) is 6.75. The number of carbonyl (C=O) groups excluding carboxylic acids is 1. The Morgan fingerprint density at radius 2 is 1.67 bits per heavy atom. The molecule has 0 unspecified atom stereocenters. The molecule has 7 heteroatoms. The summed E-state index contributed by atoms with van der Waals surface area (Å²) in [5, 5.41) is 1.93. The van der Waals surface area contributed by atoms with Crippen molar-refractivity contribution in [2.24, 2.45) is 0 Å². The van der Waals surface area contributed by atoms with Crippen molar-refractivity contribution in [3.63, 3.8) is 0 Å². The van der Waals surface area contributed by atoms with E-state index in [1.165, 1.54) is 18.3 Å². The van der Waals surface area contributed by atoms with Crippen molar-refractivity contribution in [2.45, 2.75) is 18.6 Å². The van der Waals surface area contributed by atoms with Crippen molar-refractivity contribution < 1.29 is 13.2 Å². The number of sulfone groups is 1. The number of carbonyl (C=O) groups is 1. The number of benzene rings is 2. The van der Waals surface area contributed by atoms with Crippen LogP contribution >= 0.6 is 11.3 Å². The lowest BCUT2D eigenvalue weighted by Crippen LogP contribution is -2.31. The Balaban J connectivity index is 1.93. The highest BCUT2D eigenvalue weighted by atomic mass is 32.2. The smallest absolute Gasteiger partial charge is 0.244 e. The van der Waals surface area contributed by atoms with Gasteiger partial charge in [0.1, 0.15) is 5.25 Å². The van der Waals surface area contributed by atoms with E-state index < -0.39 is 21.0 Å². The summed E-state index contributed by atoms with van der Waals surface area (Å²) in [5.74, 6) is -0.572. The molecule has 0 saturated heterocycles. The molecular weight excluding hydrogens is 380 g/mol. The van der Waals surface area contributed by atoms with Crippen molar-refractivity contribution >= 4 is 32.2 Å². The van der Waals surface area contributed by atoms with E-state index in [1.54, 1.807) is 0 Å². The van der Waals surface area contributed by atoms with Crippen LogP contribution in [-0.2, 0) is 21.1 Å². The molecule has 3 rings (SSSR count). The fraction of sp³-hybridized carbons (Fsp3) is 0.200. The second kappa shape index (κ2) is 8.02. The first-order valence-electron chi connectivity index (χ1n) is 8.43. The molecule has 3 aromatic rings. The molecule has 0 fully saturated rings. The molecule has 27 heavy (non-hydrogen) atoms. The maximum Gasteiger partial charge on any atom is 0.244 e. The molecule has 1 atom stereocenters. The lowest BCUT2D eigenvalue weighted by Gasteiger charge is -2.07. The van der Waals surface area contributed by atoms with Gasteiger partial charge in [0, 0.05) is 12.7 Å². The van der Waals surface area contributed by atoms with E-state index in [9.17, 15) is 13.2 Å². The number of aromatic nitrogens is 1. The second-order valence-corrected chi connectivity index (χ2v) is 9.65. The lowest BCUT2D eigenvalue weighted by molar-refractivity contribution is -0.115. The standard InChI is InChI=1S/C20H20N2O3S2/c1-14(27(2,24)25)19(23)22-20-21-17(13-15-9-5-3-6-10-15)18(26-20)16-11-7-4-8-12-16/h3-12,14H,13H2,1-2H3,(H,21,22,23)/t14-/m0/s1. The summed E-state index contributed by atoms with van der Waals surface area (Å²) >= 11 is 1.35. The predicted octanol–water partition coefficient (Wildman–Crippen LogP) is 3.77. The molecule has 0 aliphatic heterocycles. The van der Waals surface area contributed by atoms with Gasteiger partial charge in [-0.2, -0.15) is 0 Å². The fourth-order valence-electron chi connectivity index (χ4n) is 2.53. The summed E-state index contributed by atoms with van der Waals surface area (Å²) in [6.07, 6.45) is 1.67. The predicted molar refractivity (Wildman–Crippen MR) is 110 cm³/mol. The number of nitrogens with zero attached hydrogens (tertiary/aromatic N) is 1. The molecular formula is C20H20N2O3S2. The minimum Gasteiger partial charge on any atom is -0.301 e. The van der Waals surface area contributed by atoms with Gasteiger partial charge >= 0.3 is 0 Å². The van der Waals surface area contributed by atoms with Crippen LogP contribution in [0, 0.1) is 0 Å². The van der Waals surface area contributed by atoms with Crippen molar-refractivity contribution in [1.82, 2.24) is 4.98 Å². The van der Waals surface area contributed by atoms with Gasteiger partial charge in [-0.05, 0) is 18.1 Å². The van der Waals surface area contributed by atoms with Crippen LogP contribution in [0.2, 0.25) is 0 Å². The number of nitrogens with one attached hydrogen (secondary N) is 1. The number of rotatable bonds is 6. The van der Waals surface area contributed by atoms with Crippen LogP contribution in [0.4, 0.5) is 5.13 Å². The topological polar surface area (TPSA) is 76.1 Å². The Hall–Kier alpha value is -2.51. The molecule has 2 aromatic carbocycles. The summed E-state index contributed by atoms with van der Waals surface area (Å²) in [5.41, 5.74) is 2.97. The molecule has 1 aromatic heterocycles. The molecule has 0 bridgehead atoms. The summed E-state index contributed by atoms with van der Waals surface area (Å²) in [7, 11) is -3.46. The third-order valence-electron chi connectivity index (χ3n) is 4.19. The van der Waals surface area contributed by atoms with Crippen LogP contribution in [0.15, 0.2) is 60.7 Å². The van der Waals surface area contributed by atoms with E-state index in [0.29, 0.717) is 11.6 Å². The average Bonchev–Trinajstić information content (AvgIpc) is 3.04. The van der Waals surface area contributed by atoms with Crippen molar-refractivity contribution in [3.05, 3.63) is 71.9 Å². The zero-order valence-electron chi connectivity index (χ0n) is 15.0. The number of hydrogen-bond donors (Lipinski definition) is 1. The van der Waals surface area contributed by atoms with E-state index in [-0.39, 0.29) is 0 Å². The van der Waals surface area contributed by atoms with E-state index in [2.05, 4.69) is 10.3 Å². The van der Waals surface area contributed by atoms with Crippen molar-refractivity contribution in [2.75, 3.05) is 11.6 Å². The molecule has 0 radical (unpaired) electrons. The van der Waals surface area contributed by atoms with Gasteiger partial charge in [-0.1, -0.05) is 72.0 Å². The summed E-state index contributed by atoms with van der Waals surface area (Å²) in [4.78, 5) is 17.8. The average molecular weight is 401 g/mol. The number of amides is 1. The Morgan fingerprint density at radius 3 is 2.26 bits per heavy atom. The number of hydrogen-bond acceptors (Lipinski definition) is 5. The van der Waals surface area contributed by atoms with Crippen molar-refractivity contribution in [3.8, 4) is 10.4 Å². The first kappa shape index (κ1) is 19.3. The number of anilines is 1. The molecule has 0 saturated carbocycles. The first-order chi connectivity index (χ1) is 12.8. The van der Waals surface area contributed by atoms with Gasteiger partial charge in [-0.25, -0.2) is 13.4 Å². The van der Waals surface area contributed by atoms with Crippen LogP contribution < -0.4 is 5.32 Å². The summed E-state index contributed by atoms with van der Waals surface area (Å²) in [6.45, 7) is 1.38. The summed E-state index contributed by atoms with van der Waals surface area (Å²) < 4.78 is 23.2. The van der Waals surface area contributed by atoms with Crippen LogP contribution in [0.3, 0.4) is 0 Å². The van der Waals surface area contributed by atoms with Gasteiger partial charge in [0.15, 0.2) is 15.0 Å². The minimum absolute atomic E-state index is 0.403. The monoisotopic (exact) mass is 400 g/mol. The van der Waals surface area contributed by atoms with E-state index in [0.717, 1.165) is 28.0 Å². The van der Waals surface area contributed by atoms with Gasteiger partial charge in [-0.3, -0.25) is 4.79 Å². The summed E-state index contributed by atoms with van der Waals surface area (Å²) in [6, 6.07) is 19.8. The van der Waals surface area contributed by atoms with E-state index in [4.69, 9.17) is 0 Å². The third kappa shape index (κ3) is 4.81. The van der Waals surface area contributed by atoms with Gasteiger partial charge in [0.2, 0.25) is 5.91 Å². The highest BCUT2D eigenvalue weighted by Crippen LogP contribution is 2.34. The molecule has 1 heterocycles. The van der Waals surface area contributed by atoms with E-state index >= 15 is 0 Å². The minimum atomic E-state index is -3.46. The highest BCUT2D eigenvalue weighted by Gasteiger charge is 2.25. The van der Waals surface area contributed by atoms with Crippen LogP contribution in [0.1, 0.15) is 18.2 Å². The SMILES string of the molecule is C[C@@H](C(=O)Nc1nc(Cc2ccccc2)c(-c2ccccc2)s1)S(C)(=O)=O. The van der Waals surface area contributed by atoms with E-state index in [1.807, 2.05) is 60.7 Å².